The molecule has 0 spiro atoms. The maximum atomic E-state index is 9.27. The van der Waals surface area contributed by atoms with Crippen LogP contribution in [0.1, 0.15) is 24.8 Å². The van der Waals surface area contributed by atoms with Crippen LogP contribution in [0.25, 0.3) is 0 Å². The van der Waals surface area contributed by atoms with Gasteiger partial charge in [0.1, 0.15) is 5.75 Å². The molecule has 1 unspecified atom stereocenters. The van der Waals surface area contributed by atoms with Crippen molar-refractivity contribution < 1.29 is 5.11 Å². The van der Waals surface area contributed by atoms with E-state index in [9.17, 15) is 5.11 Å². The molecule has 1 saturated carbocycles. The summed E-state index contributed by atoms with van der Waals surface area (Å²) in [5.41, 5.74) is 7.18. The first kappa shape index (κ1) is 9.53. The monoisotopic (exact) mass is 191 g/mol. The third-order valence-corrected chi connectivity index (χ3v) is 2.90. The molecule has 0 heterocycles. The molecule has 76 valence electrons. The van der Waals surface area contributed by atoms with Gasteiger partial charge in [0, 0.05) is 6.04 Å². The molecule has 0 saturated heterocycles. The van der Waals surface area contributed by atoms with Gasteiger partial charge in [0.05, 0.1) is 0 Å². The molecule has 2 nitrogen and oxygen atoms in total. The second-order valence-corrected chi connectivity index (χ2v) is 4.21. The fraction of sp³-hybridized carbons (Fsp3) is 0.500. The lowest BCUT2D eigenvalue weighted by Crippen LogP contribution is -2.22. The van der Waals surface area contributed by atoms with Crippen molar-refractivity contribution >= 4 is 0 Å². The Balaban J connectivity index is 1.84. The van der Waals surface area contributed by atoms with Gasteiger partial charge in [-0.15, -0.1) is 0 Å². The normalized spacial score (nSPS) is 18.1. The fourth-order valence-corrected chi connectivity index (χ4v) is 1.81. The minimum absolute atomic E-state index is 0.350. The quantitative estimate of drug-likeness (QED) is 0.765. The van der Waals surface area contributed by atoms with Crippen molar-refractivity contribution in [2.45, 2.75) is 31.7 Å². The number of phenols is 1. The Bertz CT molecular complexity index is 307. The molecule has 1 atom stereocenters. The van der Waals surface area contributed by atoms with Gasteiger partial charge in [-0.05, 0) is 49.3 Å². The van der Waals surface area contributed by atoms with Gasteiger partial charge in [-0.2, -0.15) is 0 Å². The van der Waals surface area contributed by atoms with Crippen molar-refractivity contribution in [2.75, 3.05) is 0 Å². The molecule has 1 fully saturated rings. The van der Waals surface area contributed by atoms with E-state index in [0.717, 1.165) is 18.8 Å². The van der Waals surface area contributed by atoms with Gasteiger partial charge in [-0.1, -0.05) is 12.1 Å². The molecule has 0 aliphatic heterocycles. The lowest BCUT2D eigenvalue weighted by Gasteiger charge is -2.09. The van der Waals surface area contributed by atoms with Crippen molar-refractivity contribution in [3.8, 4) is 5.75 Å². The molecule has 1 aliphatic carbocycles. The molecule has 14 heavy (non-hydrogen) atoms. The number of nitrogens with two attached hydrogens (primary N) is 1. The van der Waals surface area contributed by atoms with Crippen LogP contribution in [0.2, 0.25) is 0 Å². The predicted molar refractivity (Wildman–Crippen MR) is 57.1 cm³/mol. The maximum Gasteiger partial charge on any atom is 0.115 e. The number of phenolic OH excluding ortho intramolecular Hbond substituents is 1. The van der Waals surface area contributed by atoms with Crippen LogP contribution in [0.15, 0.2) is 24.3 Å². The van der Waals surface area contributed by atoms with Crippen LogP contribution in [-0.2, 0) is 6.42 Å². The average molecular weight is 191 g/mol. The second-order valence-electron chi connectivity index (χ2n) is 4.21. The molecule has 0 amide bonds. The lowest BCUT2D eigenvalue weighted by molar-refractivity contribution is 0.473. The van der Waals surface area contributed by atoms with Gasteiger partial charge in [0.15, 0.2) is 0 Å². The number of aromatic hydroxyl groups is 1. The van der Waals surface area contributed by atoms with Gasteiger partial charge in [-0.25, -0.2) is 0 Å². The summed E-state index contributed by atoms with van der Waals surface area (Å²) in [5.74, 6) is 1.12. The van der Waals surface area contributed by atoms with Crippen molar-refractivity contribution in [3.05, 3.63) is 29.8 Å². The highest BCUT2D eigenvalue weighted by molar-refractivity contribution is 5.27. The minimum atomic E-state index is 0.350. The summed E-state index contributed by atoms with van der Waals surface area (Å²) in [7, 11) is 0. The van der Waals surface area contributed by atoms with E-state index in [-0.39, 0.29) is 0 Å². The van der Waals surface area contributed by atoms with E-state index in [1.54, 1.807) is 6.07 Å². The summed E-state index contributed by atoms with van der Waals surface area (Å²) in [6.07, 6.45) is 4.63. The van der Waals surface area contributed by atoms with Gasteiger partial charge in [-0.3, -0.25) is 0 Å². The lowest BCUT2D eigenvalue weighted by atomic mass is 10.0. The van der Waals surface area contributed by atoms with Gasteiger partial charge >= 0.3 is 0 Å². The molecular formula is C12H17NO. The molecule has 0 aromatic heterocycles. The number of benzene rings is 1. The number of hydrogen-bond donors (Lipinski definition) is 2. The Morgan fingerprint density at radius 3 is 2.86 bits per heavy atom. The predicted octanol–water partition coefficient (Wildman–Crippen LogP) is 2.06. The number of hydrogen-bond acceptors (Lipinski definition) is 2. The van der Waals surface area contributed by atoms with Crippen LogP contribution in [-0.4, -0.2) is 11.1 Å². The largest absolute Gasteiger partial charge is 0.508 e. The first-order valence-corrected chi connectivity index (χ1v) is 5.29. The molecule has 1 aromatic carbocycles. The van der Waals surface area contributed by atoms with Crippen molar-refractivity contribution in [3.63, 3.8) is 0 Å². The van der Waals surface area contributed by atoms with Gasteiger partial charge in [0.25, 0.3) is 0 Å². The van der Waals surface area contributed by atoms with E-state index < -0.39 is 0 Å². The number of aryl methyl sites for hydroxylation is 1. The van der Waals surface area contributed by atoms with Crippen LogP contribution in [0, 0.1) is 5.92 Å². The Kier molecular flexibility index (Phi) is 2.73. The molecule has 0 radical (unpaired) electrons. The molecule has 3 N–H and O–H groups in total. The van der Waals surface area contributed by atoms with Gasteiger partial charge < -0.3 is 10.8 Å². The third kappa shape index (κ3) is 2.48. The molecule has 2 rings (SSSR count). The van der Waals surface area contributed by atoms with E-state index in [4.69, 9.17) is 5.73 Å². The van der Waals surface area contributed by atoms with Crippen LogP contribution in [0.4, 0.5) is 0 Å². The summed E-state index contributed by atoms with van der Waals surface area (Å²) < 4.78 is 0. The third-order valence-electron chi connectivity index (χ3n) is 2.90. The molecule has 1 aliphatic rings. The van der Waals surface area contributed by atoms with Crippen molar-refractivity contribution in [2.24, 2.45) is 11.7 Å². The first-order valence-electron chi connectivity index (χ1n) is 5.29. The highest BCUT2D eigenvalue weighted by Gasteiger charge is 2.27. The summed E-state index contributed by atoms with van der Waals surface area (Å²) in [5, 5.41) is 9.27. The topological polar surface area (TPSA) is 46.2 Å². The smallest absolute Gasteiger partial charge is 0.115 e. The highest BCUT2D eigenvalue weighted by Crippen LogP contribution is 2.33. The SMILES string of the molecule is NC(CCc1cccc(O)c1)C1CC1. The second kappa shape index (κ2) is 4.01. The standard InChI is InChI=1S/C12H17NO/c13-12(10-5-6-10)7-4-9-2-1-3-11(14)8-9/h1-3,8,10,12,14H,4-7,13H2. The zero-order chi connectivity index (χ0) is 9.97. The van der Waals surface area contributed by atoms with E-state index in [2.05, 4.69) is 0 Å². The summed E-state index contributed by atoms with van der Waals surface area (Å²) in [6, 6.07) is 7.80. The summed E-state index contributed by atoms with van der Waals surface area (Å²) in [4.78, 5) is 0. The average Bonchev–Trinajstić information content (AvgIpc) is 2.97. The van der Waals surface area contributed by atoms with Gasteiger partial charge in [0.2, 0.25) is 0 Å². The molecular weight excluding hydrogens is 174 g/mol. The van der Waals surface area contributed by atoms with Crippen LogP contribution in [0.5, 0.6) is 5.75 Å². The summed E-state index contributed by atoms with van der Waals surface area (Å²) in [6.45, 7) is 0. The van der Waals surface area contributed by atoms with Crippen LogP contribution >= 0.6 is 0 Å². The van der Waals surface area contributed by atoms with Crippen LogP contribution < -0.4 is 5.73 Å². The van der Waals surface area contributed by atoms with Crippen molar-refractivity contribution in [1.82, 2.24) is 0 Å². The zero-order valence-electron chi connectivity index (χ0n) is 8.32. The zero-order valence-corrected chi connectivity index (χ0v) is 8.32. The highest BCUT2D eigenvalue weighted by atomic mass is 16.3. The molecule has 2 heteroatoms. The van der Waals surface area contributed by atoms with E-state index >= 15 is 0 Å². The number of rotatable bonds is 4. The van der Waals surface area contributed by atoms with E-state index in [1.165, 1.54) is 18.4 Å². The summed E-state index contributed by atoms with van der Waals surface area (Å²) >= 11 is 0. The Morgan fingerprint density at radius 1 is 1.43 bits per heavy atom. The Hall–Kier alpha value is -1.02. The Morgan fingerprint density at radius 2 is 2.21 bits per heavy atom. The first-order chi connectivity index (χ1) is 6.75. The minimum Gasteiger partial charge on any atom is -0.508 e. The molecule has 0 bridgehead atoms. The Labute approximate surface area is 84.7 Å². The van der Waals surface area contributed by atoms with E-state index in [0.29, 0.717) is 11.8 Å². The maximum absolute atomic E-state index is 9.27. The van der Waals surface area contributed by atoms with E-state index in [1.807, 2.05) is 18.2 Å². The van der Waals surface area contributed by atoms with Crippen molar-refractivity contribution in [1.29, 1.82) is 0 Å². The van der Waals surface area contributed by atoms with Crippen LogP contribution in [0.3, 0.4) is 0 Å². The fourth-order valence-electron chi connectivity index (χ4n) is 1.81. The molecule has 1 aromatic rings.